The molecule has 1 saturated carbocycles. The molecule has 23 heavy (non-hydrogen) atoms. The molecule has 0 aliphatic heterocycles. The van der Waals surface area contributed by atoms with Gasteiger partial charge in [0.1, 0.15) is 5.75 Å². The molecule has 4 atom stereocenters. The maximum Gasteiger partial charge on any atom is 0.307 e. The van der Waals surface area contributed by atoms with E-state index < -0.39 is 17.8 Å². The zero-order valence-corrected chi connectivity index (χ0v) is 13.1. The van der Waals surface area contributed by atoms with Gasteiger partial charge in [0, 0.05) is 6.54 Å². The number of hydrogen-bond acceptors (Lipinski definition) is 3. The van der Waals surface area contributed by atoms with Crippen molar-refractivity contribution in [3.8, 4) is 5.75 Å². The summed E-state index contributed by atoms with van der Waals surface area (Å²) in [4.78, 5) is 24.1. The third kappa shape index (κ3) is 3.09. The lowest BCUT2D eigenvalue weighted by molar-refractivity contribution is -0.153. The van der Waals surface area contributed by atoms with Crippen LogP contribution in [0.15, 0.2) is 36.4 Å². The van der Waals surface area contributed by atoms with Crippen LogP contribution in [0.4, 0.5) is 0 Å². The highest BCUT2D eigenvalue weighted by atomic mass is 16.5. The number of amides is 1. The summed E-state index contributed by atoms with van der Waals surface area (Å²) < 4.78 is 5.10. The van der Waals surface area contributed by atoms with Crippen LogP contribution in [0.25, 0.3) is 0 Å². The minimum atomic E-state index is -0.867. The fourth-order valence-electron chi connectivity index (χ4n) is 3.74. The standard InChI is InChI=1S/C18H21NO4/c1-23-14-8-2-11(3-9-14)10-19-17(20)15-12-4-6-13(7-5-12)16(15)18(21)22/h2-4,6,8-9,12-13,15-16H,5,7,10H2,1H3,(H,19,20)(H,21,22). The predicted molar refractivity (Wildman–Crippen MR) is 84.8 cm³/mol. The Morgan fingerprint density at radius 2 is 1.74 bits per heavy atom. The van der Waals surface area contributed by atoms with Crippen molar-refractivity contribution >= 4 is 11.9 Å². The van der Waals surface area contributed by atoms with Crippen molar-refractivity contribution in [1.29, 1.82) is 0 Å². The van der Waals surface area contributed by atoms with Gasteiger partial charge in [-0.1, -0.05) is 24.3 Å². The average Bonchev–Trinajstić information content (AvgIpc) is 2.60. The third-order valence-electron chi connectivity index (χ3n) is 4.96. The summed E-state index contributed by atoms with van der Waals surface area (Å²) in [6.07, 6.45) is 5.75. The number of carboxylic acid groups (broad SMARTS) is 1. The Kier molecular flexibility index (Phi) is 4.37. The van der Waals surface area contributed by atoms with E-state index in [1.165, 1.54) is 0 Å². The maximum absolute atomic E-state index is 12.6. The van der Waals surface area contributed by atoms with Crippen molar-refractivity contribution in [1.82, 2.24) is 5.32 Å². The monoisotopic (exact) mass is 315 g/mol. The van der Waals surface area contributed by atoms with E-state index in [1.807, 2.05) is 36.4 Å². The topological polar surface area (TPSA) is 75.6 Å². The van der Waals surface area contributed by atoms with Crippen LogP contribution in [-0.2, 0) is 16.1 Å². The predicted octanol–water partition coefficient (Wildman–Crippen LogP) is 2.22. The molecular weight excluding hydrogens is 294 g/mol. The van der Waals surface area contributed by atoms with E-state index >= 15 is 0 Å². The summed E-state index contributed by atoms with van der Waals surface area (Å²) in [5, 5.41) is 12.4. The van der Waals surface area contributed by atoms with Gasteiger partial charge in [0.05, 0.1) is 18.9 Å². The van der Waals surface area contributed by atoms with Gasteiger partial charge in [-0.2, -0.15) is 0 Å². The average molecular weight is 315 g/mol. The molecule has 3 aliphatic carbocycles. The Morgan fingerprint density at radius 1 is 1.13 bits per heavy atom. The van der Waals surface area contributed by atoms with E-state index in [0.29, 0.717) is 6.54 Å². The van der Waals surface area contributed by atoms with E-state index in [9.17, 15) is 14.7 Å². The van der Waals surface area contributed by atoms with Crippen molar-refractivity contribution in [2.75, 3.05) is 7.11 Å². The molecule has 4 unspecified atom stereocenters. The van der Waals surface area contributed by atoms with Gasteiger partial charge >= 0.3 is 5.97 Å². The number of hydrogen-bond donors (Lipinski definition) is 2. The number of fused-ring (bicyclic) bond motifs is 2. The molecule has 5 nitrogen and oxygen atoms in total. The quantitative estimate of drug-likeness (QED) is 0.817. The summed E-state index contributed by atoms with van der Waals surface area (Å²) in [6.45, 7) is 0.396. The van der Waals surface area contributed by atoms with E-state index in [-0.39, 0.29) is 17.7 Å². The van der Waals surface area contributed by atoms with Gasteiger partial charge in [-0.3, -0.25) is 9.59 Å². The summed E-state index contributed by atoms with van der Waals surface area (Å²) in [5.41, 5.74) is 0.961. The summed E-state index contributed by atoms with van der Waals surface area (Å²) in [7, 11) is 1.61. The molecule has 0 aromatic heterocycles. The van der Waals surface area contributed by atoms with Gasteiger partial charge in [-0.15, -0.1) is 0 Å². The SMILES string of the molecule is COc1ccc(CNC(=O)C2C3C=CC(CC3)C2C(=O)O)cc1. The van der Waals surface area contributed by atoms with Crippen LogP contribution in [0, 0.1) is 23.7 Å². The van der Waals surface area contributed by atoms with Gasteiger partial charge in [-0.25, -0.2) is 0 Å². The largest absolute Gasteiger partial charge is 0.497 e. The molecular formula is C18H21NO4. The van der Waals surface area contributed by atoms with Crippen LogP contribution in [0.5, 0.6) is 5.75 Å². The van der Waals surface area contributed by atoms with Gasteiger partial charge in [0.25, 0.3) is 0 Å². The number of rotatable bonds is 5. The van der Waals surface area contributed by atoms with Crippen LogP contribution in [0.1, 0.15) is 18.4 Å². The smallest absolute Gasteiger partial charge is 0.307 e. The first kappa shape index (κ1) is 15.6. The lowest BCUT2D eigenvalue weighted by Crippen LogP contribution is -2.48. The maximum atomic E-state index is 12.6. The Labute approximate surface area is 135 Å². The fraction of sp³-hybridized carbons (Fsp3) is 0.444. The molecule has 1 amide bonds. The number of aliphatic carboxylic acids is 1. The van der Waals surface area contributed by atoms with Crippen LogP contribution in [0.2, 0.25) is 0 Å². The zero-order chi connectivity index (χ0) is 16.4. The van der Waals surface area contributed by atoms with Crippen molar-refractivity contribution in [3.05, 3.63) is 42.0 Å². The highest BCUT2D eigenvalue weighted by Crippen LogP contribution is 2.45. The Balaban J connectivity index is 1.67. The molecule has 5 heteroatoms. The second kappa shape index (κ2) is 6.44. The lowest BCUT2D eigenvalue weighted by Gasteiger charge is -2.41. The normalized spacial score (nSPS) is 28.4. The van der Waals surface area contributed by atoms with Crippen LogP contribution >= 0.6 is 0 Å². The van der Waals surface area contributed by atoms with Crippen molar-refractivity contribution in [2.24, 2.45) is 23.7 Å². The second-order valence-corrected chi connectivity index (χ2v) is 6.25. The summed E-state index contributed by atoms with van der Waals surface area (Å²) in [5.74, 6) is -1.31. The Hall–Kier alpha value is -2.30. The molecule has 1 fully saturated rings. The minimum Gasteiger partial charge on any atom is -0.497 e. The third-order valence-corrected chi connectivity index (χ3v) is 4.96. The number of carbonyl (C=O) groups excluding carboxylic acids is 1. The van der Waals surface area contributed by atoms with Gasteiger partial charge < -0.3 is 15.2 Å². The van der Waals surface area contributed by atoms with Crippen LogP contribution in [0.3, 0.4) is 0 Å². The minimum absolute atomic E-state index is 0.0192. The first-order chi connectivity index (χ1) is 11.1. The number of carbonyl (C=O) groups is 2. The number of carboxylic acids is 1. The molecule has 0 heterocycles. The molecule has 1 aromatic carbocycles. The van der Waals surface area contributed by atoms with Crippen LogP contribution in [-0.4, -0.2) is 24.1 Å². The molecule has 4 rings (SSSR count). The first-order valence-electron chi connectivity index (χ1n) is 7.92. The second-order valence-electron chi connectivity index (χ2n) is 6.25. The highest BCUT2D eigenvalue weighted by molar-refractivity contribution is 5.86. The first-order valence-corrected chi connectivity index (χ1v) is 7.92. The molecule has 0 saturated heterocycles. The Morgan fingerprint density at radius 3 is 2.26 bits per heavy atom. The summed E-state index contributed by atoms with van der Waals surface area (Å²) in [6, 6.07) is 7.46. The van der Waals surface area contributed by atoms with E-state index in [4.69, 9.17) is 4.74 Å². The number of benzene rings is 1. The fourth-order valence-corrected chi connectivity index (χ4v) is 3.74. The molecule has 2 bridgehead atoms. The number of allylic oxidation sites excluding steroid dienone is 2. The van der Waals surface area contributed by atoms with Gasteiger partial charge in [0.15, 0.2) is 0 Å². The Bertz CT molecular complexity index is 622. The lowest BCUT2D eigenvalue weighted by atomic mass is 9.62. The molecule has 0 radical (unpaired) electrons. The van der Waals surface area contributed by atoms with Gasteiger partial charge in [0.2, 0.25) is 5.91 Å². The van der Waals surface area contributed by atoms with Gasteiger partial charge in [-0.05, 0) is 42.4 Å². The molecule has 0 spiro atoms. The number of nitrogens with one attached hydrogen (secondary N) is 1. The number of ether oxygens (including phenoxy) is 1. The van der Waals surface area contributed by atoms with Crippen molar-refractivity contribution < 1.29 is 19.4 Å². The highest BCUT2D eigenvalue weighted by Gasteiger charge is 2.47. The van der Waals surface area contributed by atoms with E-state index in [0.717, 1.165) is 24.2 Å². The molecule has 3 aliphatic rings. The molecule has 1 aromatic rings. The van der Waals surface area contributed by atoms with Crippen molar-refractivity contribution in [3.63, 3.8) is 0 Å². The van der Waals surface area contributed by atoms with Crippen molar-refractivity contribution in [2.45, 2.75) is 19.4 Å². The molecule has 122 valence electrons. The molecule has 2 N–H and O–H groups in total. The number of methoxy groups -OCH3 is 1. The van der Waals surface area contributed by atoms with Crippen LogP contribution < -0.4 is 10.1 Å². The van der Waals surface area contributed by atoms with E-state index in [2.05, 4.69) is 5.32 Å². The summed E-state index contributed by atoms with van der Waals surface area (Å²) >= 11 is 0. The van der Waals surface area contributed by atoms with E-state index in [1.54, 1.807) is 7.11 Å². The zero-order valence-electron chi connectivity index (χ0n) is 13.1.